The maximum atomic E-state index is 6.58. The van der Waals surface area contributed by atoms with Gasteiger partial charge in [0.25, 0.3) is 0 Å². The zero-order valence-corrected chi connectivity index (χ0v) is 22.0. The van der Waals surface area contributed by atoms with Gasteiger partial charge in [-0.15, -0.1) is 0 Å². The first-order valence-electron chi connectivity index (χ1n) is 13.6. The van der Waals surface area contributed by atoms with Gasteiger partial charge in [-0.3, -0.25) is 5.10 Å². The van der Waals surface area contributed by atoms with Crippen molar-refractivity contribution in [2.45, 2.75) is 24.5 Å². The molecule has 0 amide bonds. The molecule has 0 aliphatic carbocycles. The van der Waals surface area contributed by atoms with Gasteiger partial charge < -0.3 is 9.47 Å². The number of fused-ring (bicyclic) bond motifs is 1. The van der Waals surface area contributed by atoms with Crippen molar-refractivity contribution in [3.63, 3.8) is 0 Å². The Morgan fingerprint density at radius 3 is 1.95 bits per heavy atom. The van der Waals surface area contributed by atoms with Crippen LogP contribution < -0.4 is 4.74 Å². The van der Waals surface area contributed by atoms with Crippen LogP contribution in [0, 0.1) is 0 Å². The number of hydrogen-bond donors (Lipinski definition) is 1. The fourth-order valence-electron chi connectivity index (χ4n) is 5.82. The highest BCUT2D eigenvalue weighted by Gasteiger charge is 2.41. The first kappa shape index (κ1) is 24.3. The molecule has 0 saturated carbocycles. The second-order valence-electron chi connectivity index (χ2n) is 10.00. The summed E-state index contributed by atoms with van der Waals surface area (Å²) >= 11 is 0. The van der Waals surface area contributed by atoms with Gasteiger partial charge in [0.15, 0.2) is 0 Å². The van der Waals surface area contributed by atoms with Gasteiger partial charge in [-0.05, 0) is 22.8 Å². The van der Waals surface area contributed by atoms with Gasteiger partial charge in [0.05, 0.1) is 30.3 Å². The predicted molar refractivity (Wildman–Crippen MR) is 154 cm³/mol. The molecule has 1 fully saturated rings. The Labute approximate surface area is 232 Å². The maximum absolute atomic E-state index is 6.58. The van der Waals surface area contributed by atoms with Crippen molar-refractivity contribution in [1.29, 1.82) is 0 Å². The minimum Gasteiger partial charge on any atom is -0.474 e. The van der Waals surface area contributed by atoms with Gasteiger partial charge in [-0.2, -0.15) is 10.2 Å². The molecule has 7 nitrogen and oxygen atoms in total. The Morgan fingerprint density at radius 1 is 0.800 bits per heavy atom. The fraction of sp³-hybridized carbons (Fsp3) is 0.182. The van der Waals surface area contributed by atoms with E-state index in [2.05, 4.69) is 87.7 Å². The molecule has 198 valence electrons. The summed E-state index contributed by atoms with van der Waals surface area (Å²) < 4.78 is 14.3. The molecule has 1 N–H and O–H groups in total. The number of ether oxygens (including phenoxy) is 2. The Bertz CT molecular complexity index is 1600. The number of pyridine rings is 1. The highest BCUT2D eigenvalue weighted by Crippen LogP contribution is 2.45. The van der Waals surface area contributed by atoms with Crippen LogP contribution in [0.2, 0.25) is 0 Å². The van der Waals surface area contributed by atoms with Crippen molar-refractivity contribution in [3.8, 4) is 17.1 Å². The van der Waals surface area contributed by atoms with E-state index in [-0.39, 0.29) is 6.10 Å². The van der Waals surface area contributed by atoms with Crippen molar-refractivity contribution >= 4 is 10.9 Å². The molecule has 0 radical (unpaired) electrons. The zero-order valence-electron chi connectivity index (χ0n) is 22.0. The second-order valence-corrected chi connectivity index (χ2v) is 10.00. The summed E-state index contributed by atoms with van der Waals surface area (Å²) in [4.78, 5) is 4.74. The van der Waals surface area contributed by atoms with Crippen LogP contribution in [0.5, 0.6) is 5.88 Å². The summed E-state index contributed by atoms with van der Waals surface area (Å²) in [5.41, 5.74) is 5.08. The van der Waals surface area contributed by atoms with E-state index in [1.807, 2.05) is 36.7 Å². The number of aromatic nitrogens is 5. The normalized spacial score (nSPS) is 14.4. The molecule has 3 aromatic carbocycles. The largest absolute Gasteiger partial charge is 0.474 e. The van der Waals surface area contributed by atoms with Gasteiger partial charge in [-0.25, -0.2) is 9.67 Å². The SMILES string of the molecule is c1ccc(C(c2ccccc2)(c2ccccc2)n2nc(-c3cn[nH]c3)c3c(OC4CCOCC4)nccc32)cc1. The van der Waals surface area contributed by atoms with E-state index >= 15 is 0 Å². The first-order chi connectivity index (χ1) is 19.9. The third-order valence-corrected chi connectivity index (χ3v) is 7.67. The number of rotatable bonds is 7. The van der Waals surface area contributed by atoms with Crippen LogP contribution >= 0.6 is 0 Å². The summed E-state index contributed by atoms with van der Waals surface area (Å²) in [6.07, 6.45) is 7.18. The van der Waals surface area contributed by atoms with E-state index in [0.29, 0.717) is 19.1 Å². The Hall–Kier alpha value is -4.75. The minimum atomic E-state index is -0.776. The molecular weight excluding hydrogens is 498 g/mol. The van der Waals surface area contributed by atoms with Crippen molar-refractivity contribution in [3.05, 3.63) is 132 Å². The van der Waals surface area contributed by atoms with Gasteiger partial charge in [0, 0.05) is 30.8 Å². The molecule has 1 aliphatic rings. The highest BCUT2D eigenvalue weighted by atomic mass is 16.5. The van der Waals surface area contributed by atoms with E-state index in [1.165, 1.54) is 0 Å². The lowest BCUT2D eigenvalue weighted by Crippen LogP contribution is -2.38. The molecule has 7 rings (SSSR count). The smallest absolute Gasteiger partial charge is 0.225 e. The fourth-order valence-corrected chi connectivity index (χ4v) is 5.82. The van der Waals surface area contributed by atoms with Crippen molar-refractivity contribution in [2.24, 2.45) is 0 Å². The number of nitrogens with one attached hydrogen (secondary N) is 1. The molecule has 1 saturated heterocycles. The first-order valence-corrected chi connectivity index (χ1v) is 13.6. The lowest BCUT2D eigenvalue weighted by molar-refractivity contribution is 0.0244. The van der Waals surface area contributed by atoms with Crippen LogP contribution in [0.4, 0.5) is 0 Å². The molecule has 0 spiro atoms. The zero-order chi connectivity index (χ0) is 26.8. The molecule has 3 aromatic heterocycles. The third kappa shape index (κ3) is 4.06. The predicted octanol–water partition coefficient (Wildman–Crippen LogP) is 6.22. The summed E-state index contributed by atoms with van der Waals surface area (Å²) in [6, 6.07) is 33.7. The molecule has 6 aromatic rings. The van der Waals surface area contributed by atoms with E-state index in [4.69, 9.17) is 19.6 Å². The summed E-state index contributed by atoms with van der Waals surface area (Å²) in [5, 5.41) is 13.5. The van der Waals surface area contributed by atoms with Gasteiger partial charge in [0.2, 0.25) is 5.88 Å². The molecule has 0 unspecified atom stereocenters. The monoisotopic (exact) mass is 527 g/mol. The van der Waals surface area contributed by atoms with E-state index in [1.54, 1.807) is 6.20 Å². The quantitative estimate of drug-likeness (QED) is 0.250. The van der Waals surface area contributed by atoms with Gasteiger partial charge >= 0.3 is 0 Å². The number of aromatic amines is 1. The topological polar surface area (TPSA) is 77.9 Å². The van der Waals surface area contributed by atoms with Crippen LogP contribution in [0.1, 0.15) is 29.5 Å². The van der Waals surface area contributed by atoms with E-state index < -0.39 is 5.54 Å². The maximum Gasteiger partial charge on any atom is 0.225 e. The minimum absolute atomic E-state index is 0.0366. The van der Waals surface area contributed by atoms with Crippen LogP contribution in [0.25, 0.3) is 22.2 Å². The molecule has 0 atom stereocenters. The average Bonchev–Trinajstić information content (AvgIpc) is 3.70. The standard InChI is InChI=1S/C33H29N5O2/c1-4-10-25(11-5-1)33(26-12-6-2-7-13-26,27-14-8-3-9-15-27)38-29-16-19-34-32(40-28-17-20-39-21-18-28)30(29)31(37-38)24-22-35-36-23-24/h1-16,19,22-23,28H,17-18,20-21H2,(H,35,36). The van der Waals surface area contributed by atoms with Crippen molar-refractivity contribution in [1.82, 2.24) is 25.0 Å². The lowest BCUT2D eigenvalue weighted by Gasteiger charge is -2.37. The van der Waals surface area contributed by atoms with E-state index in [0.717, 1.165) is 51.7 Å². The number of hydrogen-bond acceptors (Lipinski definition) is 5. The van der Waals surface area contributed by atoms with Gasteiger partial charge in [-0.1, -0.05) is 91.0 Å². The number of benzene rings is 3. The van der Waals surface area contributed by atoms with Crippen molar-refractivity contribution in [2.75, 3.05) is 13.2 Å². The van der Waals surface area contributed by atoms with Gasteiger partial charge in [0.1, 0.15) is 17.3 Å². The lowest BCUT2D eigenvalue weighted by atomic mass is 9.77. The second kappa shape index (κ2) is 10.4. The van der Waals surface area contributed by atoms with E-state index in [9.17, 15) is 0 Å². The molecule has 40 heavy (non-hydrogen) atoms. The Balaban J connectivity index is 1.58. The molecule has 7 heteroatoms. The molecule has 0 bridgehead atoms. The number of H-pyrrole nitrogens is 1. The summed E-state index contributed by atoms with van der Waals surface area (Å²) in [5.74, 6) is 0.579. The summed E-state index contributed by atoms with van der Waals surface area (Å²) in [6.45, 7) is 1.38. The van der Waals surface area contributed by atoms with Crippen LogP contribution in [-0.4, -0.2) is 44.3 Å². The molecule has 1 aliphatic heterocycles. The Morgan fingerprint density at radius 2 is 1.40 bits per heavy atom. The van der Waals surface area contributed by atoms with Crippen LogP contribution in [0.15, 0.2) is 116 Å². The molecule has 4 heterocycles. The van der Waals surface area contributed by atoms with Crippen LogP contribution in [-0.2, 0) is 10.3 Å². The molecular formula is C33H29N5O2. The number of nitrogens with zero attached hydrogens (tertiary/aromatic N) is 4. The highest BCUT2D eigenvalue weighted by molar-refractivity contribution is 5.97. The third-order valence-electron chi connectivity index (χ3n) is 7.67. The van der Waals surface area contributed by atoms with Crippen molar-refractivity contribution < 1.29 is 9.47 Å². The summed E-state index contributed by atoms with van der Waals surface area (Å²) in [7, 11) is 0. The Kier molecular flexibility index (Phi) is 6.34. The average molecular weight is 528 g/mol. The van der Waals surface area contributed by atoms with Crippen LogP contribution in [0.3, 0.4) is 0 Å².